The van der Waals surface area contributed by atoms with Crippen LogP contribution >= 0.6 is 11.6 Å². The molecule has 4 aromatic rings. The Morgan fingerprint density at radius 1 is 1.10 bits per heavy atom. The Bertz CT molecular complexity index is 1240. The van der Waals surface area contributed by atoms with Crippen molar-refractivity contribution in [2.45, 2.75) is 18.9 Å². The monoisotopic (exact) mass is 436 g/mol. The molecule has 0 fully saturated rings. The summed E-state index contributed by atoms with van der Waals surface area (Å²) in [6.07, 6.45) is 4.88. The maximum absolute atomic E-state index is 13.5. The standard InChI is InChI=1S/C22H18ClFN6O/c23-16-2-1-10-26-21(16)31-12-15-7-8-18-29-19(13-3-5-14(24)6-4-13)20(30(15)18)17-9-11-27-22(25)28-17/h1-6,9-11,15H,7-8,12H2,(H2,25,27,28)/t15-/m0/s1. The van der Waals surface area contributed by atoms with Crippen molar-refractivity contribution in [3.63, 3.8) is 0 Å². The van der Waals surface area contributed by atoms with Crippen LogP contribution in [0.4, 0.5) is 10.3 Å². The largest absolute Gasteiger partial charge is 0.474 e. The van der Waals surface area contributed by atoms with Gasteiger partial charge in [0.1, 0.15) is 23.3 Å². The molecular weight excluding hydrogens is 419 g/mol. The molecule has 0 aliphatic carbocycles. The SMILES string of the molecule is Nc1nccc(-c2c(-c3ccc(F)cc3)nc3n2[C@H](COc2ncccc2Cl)CC3)n1. The molecule has 1 aromatic carbocycles. The van der Waals surface area contributed by atoms with Crippen LogP contribution in [0.25, 0.3) is 22.6 Å². The Morgan fingerprint density at radius 2 is 1.94 bits per heavy atom. The van der Waals surface area contributed by atoms with E-state index < -0.39 is 0 Å². The van der Waals surface area contributed by atoms with Crippen molar-refractivity contribution in [2.75, 3.05) is 12.3 Å². The summed E-state index contributed by atoms with van der Waals surface area (Å²) in [6, 6.07) is 11.5. The summed E-state index contributed by atoms with van der Waals surface area (Å²) >= 11 is 6.18. The Hall–Kier alpha value is -3.52. The van der Waals surface area contributed by atoms with E-state index in [2.05, 4.69) is 19.5 Å². The van der Waals surface area contributed by atoms with E-state index in [4.69, 9.17) is 27.1 Å². The fourth-order valence-corrected chi connectivity index (χ4v) is 4.02. The highest BCUT2D eigenvalue weighted by atomic mass is 35.5. The van der Waals surface area contributed by atoms with Crippen LogP contribution in [-0.2, 0) is 6.42 Å². The van der Waals surface area contributed by atoms with E-state index in [-0.39, 0.29) is 17.8 Å². The van der Waals surface area contributed by atoms with E-state index in [0.29, 0.717) is 28.9 Å². The molecule has 31 heavy (non-hydrogen) atoms. The molecule has 1 atom stereocenters. The summed E-state index contributed by atoms with van der Waals surface area (Å²) in [7, 11) is 0. The first-order valence-corrected chi connectivity index (χ1v) is 10.2. The van der Waals surface area contributed by atoms with Crippen LogP contribution in [0, 0.1) is 5.82 Å². The normalized spacial score (nSPS) is 15.1. The molecular formula is C22H18ClFN6O. The van der Waals surface area contributed by atoms with Gasteiger partial charge in [-0.3, -0.25) is 0 Å². The number of anilines is 1. The average Bonchev–Trinajstić information content (AvgIpc) is 3.33. The van der Waals surface area contributed by atoms with E-state index in [9.17, 15) is 4.39 Å². The number of fused-ring (bicyclic) bond motifs is 1. The van der Waals surface area contributed by atoms with E-state index in [1.807, 2.05) is 0 Å². The van der Waals surface area contributed by atoms with Gasteiger partial charge in [0, 0.05) is 24.4 Å². The van der Waals surface area contributed by atoms with Crippen molar-refractivity contribution >= 4 is 17.5 Å². The van der Waals surface area contributed by atoms with Crippen molar-refractivity contribution in [2.24, 2.45) is 0 Å². The lowest BCUT2D eigenvalue weighted by atomic mass is 10.1. The van der Waals surface area contributed by atoms with Gasteiger partial charge in [-0.2, -0.15) is 0 Å². The first-order valence-electron chi connectivity index (χ1n) is 9.79. The first kappa shape index (κ1) is 19.4. The molecule has 0 unspecified atom stereocenters. The summed E-state index contributed by atoms with van der Waals surface area (Å²) in [5.41, 5.74) is 8.81. The van der Waals surface area contributed by atoms with Crippen LogP contribution in [0.1, 0.15) is 18.3 Å². The third kappa shape index (κ3) is 3.70. The van der Waals surface area contributed by atoms with E-state index in [0.717, 1.165) is 29.9 Å². The predicted molar refractivity (Wildman–Crippen MR) is 115 cm³/mol. The minimum atomic E-state index is -0.304. The van der Waals surface area contributed by atoms with Gasteiger partial charge in [-0.15, -0.1) is 0 Å². The molecule has 0 saturated heterocycles. The molecule has 0 radical (unpaired) electrons. The van der Waals surface area contributed by atoms with Crippen LogP contribution in [0.2, 0.25) is 5.02 Å². The number of aryl methyl sites for hydroxylation is 1. The van der Waals surface area contributed by atoms with E-state index in [1.54, 1.807) is 42.7 Å². The predicted octanol–water partition coefficient (Wildman–Crippen LogP) is 4.34. The molecule has 9 heteroatoms. The fraction of sp³-hybridized carbons (Fsp3) is 0.182. The lowest BCUT2D eigenvalue weighted by Crippen LogP contribution is -2.16. The number of hydrogen-bond acceptors (Lipinski definition) is 6. The molecule has 1 aliphatic rings. The van der Waals surface area contributed by atoms with Crippen molar-refractivity contribution in [3.05, 3.63) is 71.5 Å². The van der Waals surface area contributed by atoms with Gasteiger partial charge in [0.2, 0.25) is 11.8 Å². The highest BCUT2D eigenvalue weighted by Crippen LogP contribution is 2.39. The van der Waals surface area contributed by atoms with Gasteiger partial charge < -0.3 is 15.0 Å². The van der Waals surface area contributed by atoms with Gasteiger partial charge in [0.15, 0.2) is 0 Å². The molecule has 0 amide bonds. The molecule has 3 aromatic heterocycles. The molecule has 4 heterocycles. The van der Waals surface area contributed by atoms with Crippen LogP contribution in [0.3, 0.4) is 0 Å². The summed E-state index contributed by atoms with van der Waals surface area (Å²) in [5.74, 6) is 1.17. The lowest BCUT2D eigenvalue weighted by molar-refractivity contribution is 0.247. The summed E-state index contributed by atoms with van der Waals surface area (Å²) in [4.78, 5) is 17.5. The average molecular weight is 437 g/mol. The zero-order chi connectivity index (χ0) is 21.4. The maximum Gasteiger partial charge on any atom is 0.232 e. The Morgan fingerprint density at radius 3 is 2.71 bits per heavy atom. The highest BCUT2D eigenvalue weighted by molar-refractivity contribution is 6.31. The Balaban J connectivity index is 1.57. The van der Waals surface area contributed by atoms with Gasteiger partial charge in [0.05, 0.1) is 23.1 Å². The van der Waals surface area contributed by atoms with Crippen molar-refractivity contribution in [1.82, 2.24) is 24.5 Å². The zero-order valence-corrected chi connectivity index (χ0v) is 17.1. The summed E-state index contributed by atoms with van der Waals surface area (Å²) in [5, 5.41) is 0.460. The molecule has 0 saturated carbocycles. The second kappa shape index (κ2) is 7.96. The lowest BCUT2D eigenvalue weighted by Gasteiger charge is -2.18. The molecule has 0 spiro atoms. The second-order valence-corrected chi connectivity index (χ2v) is 7.60. The van der Waals surface area contributed by atoms with Gasteiger partial charge in [0.25, 0.3) is 0 Å². The number of benzene rings is 1. The highest BCUT2D eigenvalue weighted by Gasteiger charge is 2.31. The first-order chi connectivity index (χ1) is 15.1. The number of halogens is 2. The maximum atomic E-state index is 13.5. The zero-order valence-electron chi connectivity index (χ0n) is 16.4. The Kier molecular flexibility index (Phi) is 4.99. The number of ether oxygens (including phenoxy) is 1. The van der Waals surface area contributed by atoms with Gasteiger partial charge in [-0.05, 0) is 48.9 Å². The third-order valence-corrected chi connectivity index (χ3v) is 5.51. The molecule has 5 rings (SSSR count). The van der Waals surface area contributed by atoms with Crippen LogP contribution in [-0.4, -0.2) is 31.1 Å². The van der Waals surface area contributed by atoms with Crippen molar-refractivity contribution in [3.8, 4) is 28.5 Å². The Labute approximate surface area is 182 Å². The molecule has 156 valence electrons. The summed E-state index contributed by atoms with van der Waals surface area (Å²) in [6.45, 7) is 0.372. The van der Waals surface area contributed by atoms with Gasteiger partial charge in [-0.1, -0.05) is 11.6 Å². The van der Waals surface area contributed by atoms with Crippen LogP contribution < -0.4 is 10.5 Å². The van der Waals surface area contributed by atoms with Gasteiger partial charge in [-0.25, -0.2) is 24.3 Å². The molecule has 0 bridgehead atoms. The second-order valence-electron chi connectivity index (χ2n) is 7.20. The summed E-state index contributed by atoms with van der Waals surface area (Å²) < 4.78 is 21.5. The van der Waals surface area contributed by atoms with Crippen molar-refractivity contribution in [1.29, 1.82) is 0 Å². The van der Waals surface area contributed by atoms with Gasteiger partial charge >= 0.3 is 0 Å². The number of pyridine rings is 1. The van der Waals surface area contributed by atoms with Crippen LogP contribution in [0.15, 0.2) is 54.9 Å². The number of aromatic nitrogens is 5. The fourth-order valence-electron chi connectivity index (χ4n) is 3.84. The van der Waals surface area contributed by atoms with Crippen LogP contribution in [0.5, 0.6) is 5.88 Å². The van der Waals surface area contributed by atoms with E-state index in [1.165, 1.54) is 12.1 Å². The van der Waals surface area contributed by atoms with Crippen molar-refractivity contribution < 1.29 is 9.13 Å². The minimum absolute atomic E-state index is 0.000890. The smallest absolute Gasteiger partial charge is 0.232 e. The molecule has 2 N–H and O–H groups in total. The number of imidazole rings is 1. The number of nitrogens with two attached hydrogens (primary N) is 1. The van der Waals surface area contributed by atoms with E-state index >= 15 is 0 Å². The molecule has 1 aliphatic heterocycles. The topological polar surface area (TPSA) is 91.7 Å². The number of rotatable bonds is 5. The number of hydrogen-bond donors (Lipinski definition) is 1. The number of nitrogen functional groups attached to an aromatic ring is 1. The number of nitrogens with zero attached hydrogens (tertiary/aromatic N) is 5. The third-order valence-electron chi connectivity index (χ3n) is 5.22. The minimum Gasteiger partial charge on any atom is -0.474 e. The quantitative estimate of drug-likeness (QED) is 0.500. The molecule has 7 nitrogen and oxygen atoms in total.